The van der Waals surface area contributed by atoms with E-state index >= 15 is 0 Å². The van der Waals surface area contributed by atoms with Gasteiger partial charge >= 0.3 is 6.43 Å². The van der Waals surface area contributed by atoms with Crippen molar-refractivity contribution in [3.05, 3.63) is 65.7 Å². The summed E-state index contributed by atoms with van der Waals surface area (Å²) in [5.74, 6) is -2.30. The maximum atomic E-state index is 14.5. The fraction of sp³-hybridized carbons (Fsp3) is 0.111. The van der Waals surface area contributed by atoms with Crippen LogP contribution in [-0.2, 0) is 6.54 Å². The quantitative estimate of drug-likeness (QED) is 0.401. The van der Waals surface area contributed by atoms with Crippen LogP contribution in [0, 0.1) is 11.6 Å². The Bertz CT molecular complexity index is 1170. The number of anilines is 1. The number of alkyl halides is 2. The first kappa shape index (κ1) is 18.6. The second kappa shape index (κ2) is 7.34. The van der Waals surface area contributed by atoms with Gasteiger partial charge in [-0.3, -0.25) is 0 Å². The van der Waals surface area contributed by atoms with E-state index in [1.165, 1.54) is 35.1 Å². The average Bonchev–Trinajstić information content (AvgIpc) is 3.35. The normalized spacial score (nSPS) is 11.3. The molecule has 2 heterocycles. The van der Waals surface area contributed by atoms with Crippen LogP contribution in [-0.4, -0.2) is 25.2 Å². The third-order valence-electron chi connectivity index (χ3n) is 4.10. The van der Waals surface area contributed by atoms with Gasteiger partial charge in [0.2, 0.25) is 5.89 Å². The van der Waals surface area contributed by atoms with Gasteiger partial charge in [0.15, 0.2) is 5.82 Å². The van der Waals surface area contributed by atoms with E-state index in [1.54, 1.807) is 6.07 Å². The van der Waals surface area contributed by atoms with Crippen LogP contribution in [0.15, 0.2) is 47.0 Å². The van der Waals surface area contributed by atoms with Crippen molar-refractivity contribution in [1.82, 2.24) is 25.2 Å². The van der Waals surface area contributed by atoms with Gasteiger partial charge < -0.3 is 10.2 Å². The summed E-state index contributed by atoms with van der Waals surface area (Å²) in [6, 6.07) is 8.49. The van der Waals surface area contributed by atoms with Gasteiger partial charge in [-0.2, -0.15) is 8.78 Å². The highest BCUT2D eigenvalue weighted by atomic mass is 19.3. The fourth-order valence-electron chi connectivity index (χ4n) is 2.67. The summed E-state index contributed by atoms with van der Waals surface area (Å²) < 4.78 is 59.8. The molecule has 2 N–H and O–H groups in total. The van der Waals surface area contributed by atoms with Gasteiger partial charge in [-0.1, -0.05) is 17.3 Å². The molecule has 0 saturated heterocycles. The summed E-state index contributed by atoms with van der Waals surface area (Å²) >= 11 is 0. The maximum Gasteiger partial charge on any atom is 0.314 e. The summed E-state index contributed by atoms with van der Waals surface area (Å²) in [5.41, 5.74) is 6.36. The number of benzene rings is 2. The molecule has 0 fully saturated rings. The van der Waals surface area contributed by atoms with Gasteiger partial charge in [-0.25, -0.2) is 13.5 Å². The molecule has 4 aromatic rings. The third-order valence-corrected chi connectivity index (χ3v) is 4.10. The molecule has 2 aromatic heterocycles. The van der Waals surface area contributed by atoms with E-state index in [-0.39, 0.29) is 40.5 Å². The van der Waals surface area contributed by atoms with Crippen molar-refractivity contribution in [1.29, 1.82) is 0 Å². The van der Waals surface area contributed by atoms with Gasteiger partial charge in [0.1, 0.15) is 11.5 Å². The van der Waals surface area contributed by atoms with Gasteiger partial charge in [0.05, 0.1) is 18.4 Å². The molecule has 29 heavy (non-hydrogen) atoms. The number of hydrogen-bond acceptors (Lipinski definition) is 6. The van der Waals surface area contributed by atoms with Crippen LogP contribution >= 0.6 is 0 Å². The lowest BCUT2D eigenvalue weighted by atomic mass is 10.1. The molecule has 0 aliphatic heterocycles. The Kier molecular flexibility index (Phi) is 4.71. The summed E-state index contributed by atoms with van der Waals surface area (Å²) in [4.78, 5) is 0. The third kappa shape index (κ3) is 3.66. The first-order valence-electron chi connectivity index (χ1n) is 8.27. The molecule has 4 rings (SSSR count). The minimum absolute atomic E-state index is 0.00909. The van der Waals surface area contributed by atoms with Crippen LogP contribution in [0.2, 0.25) is 0 Å². The Balaban J connectivity index is 1.56. The first-order chi connectivity index (χ1) is 13.9. The van der Waals surface area contributed by atoms with Crippen molar-refractivity contribution < 1.29 is 22.0 Å². The number of nitrogen functional groups attached to an aromatic ring is 1. The Hall–Kier alpha value is -3.76. The lowest BCUT2D eigenvalue weighted by molar-refractivity contribution is 0.116. The zero-order valence-electron chi connectivity index (χ0n) is 14.6. The predicted molar refractivity (Wildman–Crippen MR) is 93.6 cm³/mol. The summed E-state index contributed by atoms with van der Waals surface area (Å²) in [7, 11) is 0. The molecular weight excluding hydrogens is 392 g/mol. The summed E-state index contributed by atoms with van der Waals surface area (Å²) in [6.45, 7) is 0.00909. The van der Waals surface area contributed by atoms with Gasteiger partial charge in [-0.05, 0) is 24.3 Å². The molecule has 7 nitrogen and oxygen atoms in total. The predicted octanol–water partition coefficient (Wildman–Crippen LogP) is 3.84. The molecule has 0 bridgehead atoms. The lowest BCUT2D eigenvalue weighted by Crippen LogP contribution is -2.03. The molecule has 0 aliphatic rings. The Labute approximate surface area is 160 Å². The zero-order valence-corrected chi connectivity index (χ0v) is 14.6. The molecule has 2 aromatic carbocycles. The Morgan fingerprint density at radius 2 is 1.90 bits per heavy atom. The van der Waals surface area contributed by atoms with Gasteiger partial charge in [0, 0.05) is 16.7 Å². The minimum atomic E-state index is -2.91. The largest absolute Gasteiger partial charge is 0.415 e. The van der Waals surface area contributed by atoms with Crippen LogP contribution in [0.3, 0.4) is 0 Å². The number of aromatic nitrogens is 5. The molecule has 0 saturated carbocycles. The smallest absolute Gasteiger partial charge is 0.314 e. The second-order valence-electron chi connectivity index (χ2n) is 6.06. The summed E-state index contributed by atoms with van der Waals surface area (Å²) in [6.07, 6.45) is -1.45. The van der Waals surface area contributed by atoms with Gasteiger partial charge in [0.25, 0.3) is 5.89 Å². The van der Waals surface area contributed by atoms with E-state index in [2.05, 4.69) is 20.5 Å². The van der Waals surface area contributed by atoms with E-state index in [0.717, 1.165) is 6.07 Å². The van der Waals surface area contributed by atoms with Crippen LogP contribution in [0.5, 0.6) is 0 Å². The number of halogens is 4. The topological polar surface area (TPSA) is 95.7 Å². The van der Waals surface area contributed by atoms with E-state index in [4.69, 9.17) is 10.2 Å². The highest BCUT2D eigenvalue weighted by Gasteiger charge is 2.18. The molecule has 0 unspecified atom stereocenters. The zero-order chi connectivity index (χ0) is 20.5. The second-order valence-corrected chi connectivity index (χ2v) is 6.06. The average molecular weight is 404 g/mol. The Morgan fingerprint density at radius 3 is 2.62 bits per heavy atom. The SMILES string of the molecule is Nc1cccc(-c2cn(Cc3ccc(-c4nnc(C(F)F)o4)cc3F)nn2)c1F. The van der Waals surface area contributed by atoms with Crippen LogP contribution < -0.4 is 5.73 Å². The minimum Gasteiger partial charge on any atom is -0.415 e. The van der Waals surface area contributed by atoms with E-state index in [1.807, 2.05) is 0 Å². The van der Waals surface area contributed by atoms with Crippen molar-refractivity contribution in [2.24, 2.45) is 0 Å². The van der Waals surface area contributed by atoms with Crippen molar-refractivity contribution >= 4 is 5.69 Å². The van der Waals surface area contributed by atoms with E-state index < -0.39 is 24.0 Å². The van der Waals surface area contributed by atoms with Crippen LogP contribution in [0.4, 0.5) is 23.2 Å². The van der Waals surface area contributed by atoms with Crippen LogP contribution in [0.25, 0.3) is 22.7 Å². The fourth-order valence-corrected chi connectivity index (χ4v) is 2.67. The molecule has 0 aliphatic carbocycles. The molecular formula is C18H12F4N6O. The molecule has 0 spiro atoms. The lowest BCUT2D eigenvalue weighted by Gasteiger charge is -2.04. The molecule has 0 atom stereocenters. The standard InChI is InChI=1S/C18H12F4N6O/c19-12-6-9(17-25-26-18(29-17)16(21)22)4-5-10(12)7-28-8-14(24-27-28)11-2-1-3-13(23)15(11)20/h1-6,8,16H,7,23H2. The van der Waals surface area contributed by atoms with Gasteiger partial charge in [-0.15, -0.1) is 15.3 Å². The van der Waals surface area contributed by atoms with Crippen molar-refractivity contribution in [3.63, 3.8) is 0 Å². The number of nitrogens with zero attached hydrogens (tertiary/aromatic N) is 5. The van der Waals surface area contributed by atoms with Crippen LogP contribution in [0.1, 0.15) is 17.9 Å². The monoisotopic (exact) mass is 404 g/mol. The van der Waals surface area contributed by atoms with Crippen molar-refractivity contribution in [3.8, 4) is 22.7 Å². The Morgan fingerprint density at radius 1 is 1.07 bits per heavy atom. The van der Waals surface area contributed by atoms with Crippen molar-refractivity contribution in [2.75, 3.05) is 5.73 Å². The van der Waals surface area contributed by atoms with E-state index in [9.17, 15) is 17.6 Å². The molecule has 0 radical (unpaired) electrons. The van der Waals surface area contributed by atoms with E-state index in [0.29, 0.717) is 0 Å². The highest BCUT2D eigenvalue weighted by Crippen LogP contribution is 2.26. The molecule has 148 valence electrons. The molecule has 11 heteroatoms. The highest BCUT2D eigenvalue weighted by molar-refractivity contribution is 5.64. The number of rotatable bonds is 5. The first-order valence-corrected chi connectivity index (χ1v) is 8.27. The number of hydrogen-bond donors (Lipinski definition) is 1. The number of nitrogens with two attached hydrogens (primary N) is 1. The molecule has 0 amide bonds. The van der Waals surface area contributed by atoms with Crippen molar-refractivity contribution in [2.45, 2.75) is 13.0 Å². The maximum absolute atomic E-state index is 14.5. The summed E-state index contributed by atoms with van der Waals surface area (Å²) in [5, 5.41) is 14.4.